The van der Waals surface area contributed by atoms with Gasteiger partial charge >= 0.3 is 0 Å². The number of allylic oxidation sites excluding steroid dienone is 3. The molecule has 1 aromatic heterocycles. The first-order valence-corrected chi connectivity index (χ1v) is 5.84. The molecule has 0 spiro atoms. The van der Waals surface area contributed by atoms with Crippen molar-refractivity contribution in [3.05, 3.63) is 36.2 Å². The summed E-state index contributed by atoms with van der Waals surface area (Å²) in [7, 11) is 1.76. The molecule has 1 unspecified atom stereocenters. The normalized spacial score (nSPS) is 24.2. The summed E-state index contributed by atoms with van der Waals surface area (Å²) in [5.74, 6) is 0. The first kappa shape index (κ1) is 12.0. The van der Waals surface area contributed by atoms with E-state index in [9.17, 15) is 0 Å². The second-order valence-electron chi connectivity index (χ2n) is 5.00. The molecule has 1 atom stereocenters. The Hall–Kier alpha value is -1.42. The van der Waals surface area contributed by atoms with Gasteiger partial charge in [0.05, 0.1) is 17.5 Å². The van der Waals surface area contributed by atoms with Crippen molar-refractivity contribution in [1.29, 1.82) is 0 Å². The van der Waals surface area contributed by atoms with E-state index in [-0.39, 0.29) is 11.0 Å². The highest BCUT2D eigenvalue weighted by atomic mass is 16.5. The summed E-state index contributed by atoms with van der Waals surface area (Å²) in [6, 6.07) is 0. The van der Waals surface area contributed by atoms with E-state index < -0.39 is 0 Å². The zero-order chi connectivity index (χ0) is 12.4. The van der Waals surface area contributed by atoms with Crippen molar-refractivity contribution in [3.8, 4) is 0 Å². The van der Waals surface area contributed by atoms with Gasteiger partial charge in [-0.15, -0.1) is 0 Å². The summed E-state index contributed by atoms with van der Waals surface area (Å²) in [4.78, 5) is 0. The van der Waals surface area contributed by atoms with E-state index in [1.165, 1.54) is 0 Å². The van der Waals surface area contributed by atoms with Gasteiger partial charge in [0.2, 0.25) is 0 Å². The molecule has 0 amide bonds. The summed E-state index contributed by atoms with van der Waals surface area (Å²) in [5.41, 5.74) is 0.663. The van der Waals surface area contributed by atoms with Crippen LogP contribution in [0.1, 0.15) is 26.0 Å². The smallest absolute Gasteiger partial charge is 0.0834 e. The Morgan fingerprint density at radius 3 is 2.82 bits per heavy atom. The van der Waals surface area contributed by atoms with E-state index in [0.717, 1.165) is 18.5 Å². The minimum Gasteiger partial charge on any atom is -0.378 e. The first-order valence-electron chi connectivity index (χ1n) is 5.84. The van der Waals surface area contributed by atoms with E-state index in [4.69, 9.17) is 4.74 Å². The van der Waals surface area contributed by atoms with Crippen LogP contribution in [0.15, 0.2) is 30.5 Å². The van der Waals surface area contributed by atoms with Crippen LogP contribution in [0, 0.1) is 5.41 Å². The second-order valence-corrected chi connectivity index (χ2v) is 5.00. The lowest BCUT2D eigenvalue weighted by molar-refractivity contribution is -0.0642. The van der Waals surface area contributed by atoms with Crippen molar-refractivity contribution in [2.45, 2.75) is 32.3 Å². The molecule has 0 bridgehead atoms. The number of nitrogens with one attached hydrogen (secondary N) is 1. The fourth-order valence-corrected chi connectivity index (χ4v) is 2.29. The first-order chi connectivity index (χ1) is 8.10. The molecule has 4 nitrogen and oxygen atoms in total. The Bertz CT molecular complexity index is 420. The monoisotopic (exact) mass is 233 g/mol. The van der Waals surface area contributed by atoms with Gasteiger partial charge in [-0.1, -0.05) is 24.3 Å². The predicted octanol–water partition coefficient (Wildman–Crippen LogP) is 2.27. The van der Waals surface area contributed by atoms with Gasteiger partial charge in [-0.25, -0.2) is 0 Å². The maximum absolute atomic E-state index is 5.69. The highest BCUT2D eigenvalue weighted by Crippen LogP contribution is 2.43. The fraction of sp³-hybridized carbons (Fsp3) is 0.538. The predicted molar refractivity (Wildman–Crippen MR) is 66.5 cm³/mol. The molecule has 0 saturated carbocycles. The van der Waals surface area contributed by atoms with Crippen LogP contribution < -0.4 is 0 Å². The molecule has 1 N–H and O–H groups in total. The van der Waals surface area contributed by atoms with Crippen LogP contribution in [0.3, 0.4) is 0 Å². The molecule has 1 aliphatic rings. The Morgan fingerprint density at radius 1 is 1.47 bits per heavy atom. The van der Waals surface area contributed by atoms with Crippen molar-refractivity contribution < 1.29 is 4.74 Å². The third-order valence-electron chi connectivity index (χ3n) is 3.82. The quantitative estimate of drug-likeness (QED) is 0.868. The third-order valence-corrected chi connectivity index (χ3v) is 3.82. The average molecular weight is 233 g/mol. The number of aromatic nitrogens is 3. The summed E-state index contributed by atoms with van der Waals surface area (Å²) >= 11 is 0. The Balaban J connectivity index is 2.31. The van der Waals surface area contributed by atoms with Gasteiger partial charge in [-0.05, 0) is 20.3 Å². The van der Waals surface area contributed by atoms with E-state index in [0.29, 0.717) is 0 Å². The van der Waals surface area contributed by atoms with Gasteiger partial charge in [0.15, 0.2) is 0 Å². The van der Waals surface area contributed by atoms with Crippen molar-refractivity contribution in [3.63, 3.8) is 0 Å². The van der Waals surface area contributed by atoms with Gasteiger partial charge in [0.25, 0.3) is 0 Å². The number of ether oxygens (including phenoxy) is 1. The molecular weight excluding hydrogens is 214 g/mol. The second kappa shape index (κ2) is 4.45. The van der Waals surface area contributed by atoms with Crippen LogP contribution in [-0.2, 0) is 11.2 Å². The average Bonchev–Trinajstić information content (AvgIpc) is 2.83. The maximum atomic E-state index is 5.69. The van der Waals surface area contributed by atoms with Crippen LogP contribution in [0.25, 0.3) is 0 Å². The highest BCUT2D eigenvalue weighted by Gasteiger charge is 2.43. The van der Waals surface area contributed by atoms with Crippen LogP contribution in [0.5, 0.6) is 0 Å². The third kappa shape index (κ3) is 2.17. The van der Waals surface area contributed by atoms with Crippen LogP contribution >= 0.6 is 0 Å². The maximum Gasteiger partial charge on any atom is 0.0834 e. The Morgan fingerprint density at radius 2 is 2.29 bits per heavy atom. The molecule has 17 heavy (non-hydrogen) atoms. The topological polar surface area (TPSA) is 50.8 Å². The molecule has 0 fully saturated rings. The number of methoxy groups -OCH3 is 1. The summed E-state index contributed by atoms with van der Waals surface area (Å²) in [6.07, 6.45) is 12.1. The molecule has 92 valence electrons. The van der Waals surface area contributed by atoms with Gasteiger partial charge in [0, 0.05) is 18.9 Å². The molecule has 1 aromatic rings. The molecule has 1 heterocycles. The number of rotatable bonds is 4. The van der Waals surface area contributed by atoms with Crippen LogP contribution in [0.4, 0.5) is 0 Å². The SMILES string of the molecule is COC(C)(C)C1(Cc2cn[nH]n2)C=CC=CC1. The molecule has 0 radical (unpaired) electrons. The number of nitrogens with zero attached hydrogens (tertiary/aromatic N) is 2. The standard InChI is InChI=1S/C13H19N3O/c1-12(2,17-3)13(7-5-4-6-8-13)9-11-10-14-16-15-11/h4-7,10H,8-9H2,1-3H3,(H,14,15,16). The lowest BCUT2D eigenvalue weighted by Gasteiger charge is -2.44. The zero-order valence-corrected chi connectivity index (χ0v) is 10.6. The fourth-order valence-electron chi connectivity index (χ4n) is 2.29. The van der Waals surface area contributed by atoms with Crippen LogP contribution in [0.2, 0.25) is 0 Å². The van der Waals surface area contributed by atoms with E-state index in [1.807, 2.05) is 0 Å². The van der Waals surface area contributed by atoms with Gasteiger partial charge in [-0.3, -0.25) is 0 Å². The molecule has 0 aromatic carbocycles. The molecule has 2 rings (SSSR count). The Kier molecular flexibility index (Phi) is 3.15. The summed E-state index contributed by atoms with van der Waals surface area (Å²) in [6.45, 7) is 4.24. The molecule has 0 aliphatic heterocycles. The number of H-pyrrole nitrogens is 1. The molecular formula is C13H19N3O. The molecule has 4 heteroatoms. The van der Waals surface area contributed by atoms with Gasteiger partial charge < -0.3 is 4.74 Å². The lowest BCUT2D eigenvalue weighted by Crippen LogP contribution is -2.45. The molecule has 0 saturated heterocycles. The number of hydrogen-bond acceptors (Lipinski definition) is 3. The van der Waals surface area contributed by atoms with E-state index in [2.05, 4.69) is 53.6 Å². The van der Waals surface area contributed by atoms with E-state index >= 15 is 0 Å². The van der Waals surface area contributed by atoms with Crippen molar-refractivity contribution in [2.75, 3.05) is 7.11 Å². The lowest BCUT2D eigenvalue weighted by atomic mass is 9.66. The van der Waals surface area contributed by atoms with Gasteiger partial charge in [0.1, 0.15) is 0 Å². The highest BCUT2D eigenvalue weighted by molar-refractivity contribution is 5.23. The minimum atomic E-state index is -0.243. The summed E-state index contributed by atoms with van der Waals surface area (Å²) in [5, 5.41) is 10.7. The van der Waals surface area contributed by atoms with Crippen molar-refractivity contribution in [2.24, 2.45) is 5.41 Å². The number of hydrogen-bond donors (Lipinski definition) is 1. The Labute approximate surface area is 102 Å². The van der Waals surface area contributed by atoms with Crippen LogP contribution in [-0.4, -0.2) is 28.1 Å². The molecule has 1 aliphatic carbocycles. The van der Waals surface area contributed by atoms with E-state index in [1.54, 1.807) is 13.3 Å². The zero-order valence-electron chi connectivity index (χ0n) is 10.6. The van der Waals surface area contributed by atoms with Crippen molar-refractivity contribution >= 4 is 0 Å². The number of aromatic amines is 1. The minimum absolute atomic E-state index is 0.0621. The van der Waals surface area contributed by atoms with Crippen molar-refractivity contribution in [1.82, 2.24) is 15.4 Å². The van der Waals surface area contributed by atoms with Gasteiger partial charge in [-0.2, -0.15) is 15.4 Å². The summed E-state index contributed by atoms with van der Waals surface area (Å²) < 4.78 is 5.69. The largest absolute Gasteiger partial charge is 0.378 e.